The molecule has 0 aliphatic heterocycles. The summed E-state index contributed by atoms with van der Waals surface area (Å²) < 4.78 is 29.2. The summed E-state index contributed by atoms with van der Waals surface area (Å²) in [5.41, 5.74) is 0.743. The van der Waals surface area contributed by atoms with E-state index in [1.165, 1.54) is 6.07 Å². The zero-order valence-electron chi connectivity index (χ0n) is 11.9. The van der Waals surface area contributed by atoms with E-state index in [0.717, 1.165) is 19.0 Å². The Labute approximate surface area is 122 Å². The van der Waals surface area contributed by atoms with Gasteiger partial charge in [0, 0.05) is 25.2 Å². The van der Waals surface area contributed by atoms with Crippen LogP contribution in [-0.2, 0) is 6.54 Å². The fourth-order valence-electron chi connectivity index (χ4n) is 2.19. The summed E-state index contributed by atoms with van der Waals surface area (Å²) >= 11 is 5.20. The lowest BCUT2D eigenvalue weighted by molar-refractivity contribution is 0.243. The molecule has 0 fully saturated rings. The van der Waals surface area contributed by atoms with Crippen LogP contribution in [0, 0.1) is 16.4 Å². The second-order valence-electron chi connectivity index (χ2n) is 5.10. The van der Waals surface area contributed by atoms with Crippen molar-refractivity contribution in [1.29, 1.82) is 0 Å². The summed E-state index contributed by atoms with van der Waals surface area (Å²) in [7, 11) is 2.04. The van der Waals surface area contributed by atoms with Crippen molar-refractivity contribution in [3.63, 3.8) is 0 Å². The second-order valence-corrected chi connectivity index (χ2v) is 5.49. The average Bonchev–Trinajstić information content (AvgIpc) is 2.71. The van der Waals surface area contributed by atoms with Gasteiger partial charge in [0.25, 0.3) is 0 Å². The molecule has 0 radical (unpaired) electrons. The third kappa shape index (κ3) is 2.91. The van der Waals surface area contributed by atoms with Gasteiger partial charge in [0.15, 0.2) is 10.6 Å². The molecule has 0 bridgehead atoms. The molecule has 0 aliphatic rings. The lowest BCUT2D eigenvalue weighted by Crippen LogP contribution is -2.31. The Balaban J connectivity index is 2.31. The molecule has 6 heteroatoms. The van der Waals surface area contributed by atoms with E-state index >= 15 is 0 Å². The molecule has 1 heterocycles. The summed E-state index contributed by atoms with van der Waals surface area (Å²) in [6.45, 7) is 5.65. The Morgan fingerprint density at radius 2 is 2.10 bits per heavy atom. The first-order valence-corrected chi connectivity index (χ1v) is 7.12. The number of nitrogens with one attached hydrogen (secondary N) is 1. The number of aromatic amines is 1. The van der Waals surface area contributed by atoms with Gasteiger partial charge in [-0.15, -0.1) is 0 Å². The number of halogens is 2. The van der Waals surface area contributed by atoms with Crippen LogP contribution in [0.15, 0.2) is 12.1 Å². The number of hydrogen-bond acceptors (Lipinski definition) is 2. The van der Waals surface area contributed by atoms with E-state index in [4.69, 9.17) is 12.2 Å². The fraction of sp³-hybridized carbons (Fsp3) is 0.500. The molecule has 0 saturated carbocycles. The van der Waals surface area contributed by atoms with Crippen LogP contribution in [0.5, 0.6) is 0 Å². The Morgan fingerprint density at radius 3 is 2.75 bits per heavy atom. The van der Waals surface area contributed by atoms with Gasteiger partial charge in [0.1, 0.15) is 11.3 Å². The molecule has 2 aromatic rings. The van der Waals surface area contributed by atoms with Crippen LogP contribution >= 0.6 is 12.2 Å². The van der Waals surface area contributed by atoms with E-state index in [-0.39, 0.29) is 5.52 Å². The van der Waals surface area contributed by atoms with Crippen LogP contribution in [-0.4, -0.2) is 34.1 Å². The minimum atomic E-state index is -0.611. The Morgan fingerprint density at radius 1 is 1.40 bits per heavy atom. The fourth-order valence-corrected chi connectivity index (χ4v) is 2.48. The predicted octanol–water partition coefficient (Wildman–Crippen LogP) is 3.71. The van der Waals surface area contributed by atoms with E-state index < -0.39 is 11.6 Å². The first-order chi connectivity index (χ1) is 9.43. The van der Waals surface area contributed by atoms with Crippen molar-refractivity contribution in [2.45, 2.75) is 32.9 Å². The highest BCUT2D eigenvalue weighted by Crippen LogP contribution is 2.19. The van der Waals surface area contributed by atoms with Gasteiger partial charge in [0.05, 0.1) is 5.52 Å². The molecule has 0 aliphatic carbocycles. The molecule has 20 heavy (non-hydrogen) atoms. The van der Waals surface area contributed by atoms with Gasteiger partial charge in [-0.2, -0.15) is 0 Å². The number of fused-ring (bicyclic) bond motifs is 1. The second kappa shape index (κ2) is 6.01. The summed E-state index contributed by atoms with van der Waals surface area (Å²) in [6.07, 6.45) is 1.05. The van der Waals surface area contributed by atoms with E-state index in [0.29, 0.717) is 22.9 Å². The van der Waals surface area contributed by atoms with Crippen molar-refractivity contribution >= 4 is 23.3 Å². The van der Waals surface area contributed by atoms with Crippen molar-refractivity contribution in [3.05, 3.63) is 28.5 Å². The molecular weight excluding hydrogens is 280 g/mol. The van der Waals surface area contributed by atoms with Crippen LogP contribution in [0.1, 0.15) is 20.3 Å². The smallest absolute Gasteiger partial charge is 0.178 e. The van der Waals surface area contributed by atoms with Gasteiger partial charge in [0.2, 0.25) is 0 Å². The van der Waals surface area contributed by atoms with Crippen molar-refractivity contribution in [2.24, 2.45) is 0 Å². The summed E-state index contributed by atoms with van der Waals surface area (Å²) in [5.74, 6) is -1.20. The normalized spacial score (nSPS) is 13.3. The Kier molecular flexibility index (Phi) is 4.55. The lowest BCUT2D eigenvalue weighted by Gasteiger charge is -2.23. The number of benzene rings is 1. The van der Waals surface area contributed by atoms with Crippen molar-refractivity contribution < 1.29 is 8.78 Å². The largest absolute Gasteiger partial charge is 0.328 e. The first kappa shape index (κ1) is 15.1. The molecule has 1 N–H and O–H groups in total. The Hall–Kier alpha value is -1.27. The van der Waals surface area contributed by atoms with E-state index in [1.807, 2.05) is 7.05 Å². The number of aromatic nitrogens is 2. The van der Waals surface area contributed by atoms with Gasteiger partial charge >= 0.3 is 0 Å². The molecule has 1 aromatic heterocycles. The summed E-state index contributed by atoms with van der Waals surface area (Å²) in [6, 6.07) is 2.64. The average molecular weight is 299 g/mol. The number of H-pyrrole nitrogens is 1. The minimum absolute atomic E-state index is 0.266. The molecule has 1 unspecified atom stereocenters. The maximum absolute atomic E-state index is 13.7. The van der Waals surface area contributed by atoms with E-state index in [2.05, 4.69) is 23.7 Å². The van der Waals surface area contributed by atoms with Crippen LogP contribution in [0.25, 0.3) is 11.0 Å². The van der Waals surface area contributed by atoms with Gasteiger partial charge < -0.3 is 14.5 Å². The number of rotatable bonds is 5. The lowest BCUT2D eigenvalue weighted by atomic mass is 10.2. The standard InChI is InChI=1S/C14H19F2N3S/c1-4-9(2)18(3)5-6-19-12-8-10(15)7-11(16)13(12)17-14(19)20/h7-9H,4-6H2,1-3H3,(H,17,20). The van der Waals surface area contributed by atoms with Crippen molar-refractivity contribution in [1.82, 2.24) is 14.5 Å². The monoisotopic (exact) mass is 299 g/mol. The van der Waals surface area contributed by atoms with Crippen molar-refractivity contribution in [2.75, 3.05) is 13.6 Å². The molecule has 1 aromatic carbocycles. The number of likely N-dealkylation sites (N-methyl/N-ethyl adjacent to an activating group) is 1. The van der Waals surface area contributed by atoms with Crippen molar-refractivity contribution in [3.8, 4) is 0 Å². The SMILES string of the molecule is CCC(C)N(C)CCn1c(=S)[nH]c2c(F)cc(F)cc21. The minimum Gasteiger partial charge on any atom is -0.328 e. The van der Waals surface area contributed by atoms with Gasteiger partial charge in [-0.3, -0.25) is 0 Å². The molecule has 110 valence electrons. The van der Waals surface area contributed by atoms with Crippen LogP contribution < -0.4 is 0 Å². The zero-order chi connectivity index (χ0) is 14.9. The third-order valence-corrected chi connectivity index (χ3v) is 4.14. The molecular formula is C14H19F2N3S. The highest BCUT2D eigenvalue weighted by molar-refractivity contribution is 7.71. The molecule has 0 spiro atoms. The maximum atomic E-state index is 13.7. The van der Waals surface area contributed by atoms with Gasteiger partial charge in [-0.25, -0.2) is 8.78 Å². The first-order valence-electron chi connectivity index (χ1n) is 6.71. The highest BCUT2D eigenvalue weighted by atomic mass is 32.1. The van der Waals surface area contributed by atoms with Gasteiger partial charge in [-0.1, -0.05) is 6.92 Å². The molecule has 1 atom stereocenters. The highest BCUT2D eigenvalue weighted by Gasteiger charge is 2.12. The zero-order valence-corrected chi connectivity index (χ0v) is 12.7. The van der Waals surface area contributed by atoms with Crippen LogP contribution in [0.3, 0.4) is 0 Å². The molecule has 0 saturated heterocycles. The molecule has 0 amide bonds. The van der Waals surface area contributed by atoms with E-state index in [9.17, 15) is 8.78 Å². The third-order valence-electron chi connectivity index (χ3n) is 3.82. The van der Waals surface area contributed by atoms with Crippen LogP contribution in [0.4, 0.5) is 8.78 Å². The summed E-state index contributed by atoms with van der Waals surface area (Å²) in [5, 5.41) is 0. The molecule has 2 rings (SSSR count). The maximum Gasteiger partial charge on any atom is 0.178 e. The number of nitrogens with zero attached hydrogens (tertiary/aromatic N) is 2. The summed E-state index contributed by atoms with van der Waals surface area (Å²) in [4.78, 5) is 5.01. The Bertz CT molecular complexity index is 662. The quantitative estimate of drug-likeness (QED) is 0.851. The number of hydrogen-bond donors (Lipinski definition) is 1. The van der Waals surface area contributed by atoms with Crippen LogP contribution in [0.2, 0.25) is 0 Å². The predicted molar refractivity (Wildman–Crippen MR) is 79.4 cm³/mol. The van der Waals surface area contributed by atoms with E-state index in [1.54, 1.807) is 4.57 Å². The van der Waals surface area contributed by atoms with Gasteiger partial charge in [-0.05, 0) is 38.7 Å². The molecule has 3 nitrogen and oxygen atoms in total. The number of imidazole rings is 1. The topological polar surface area (TPSA) is 24.0 Å².